The van der Waals surface area contributed by atoms with E-state index in [4.69, 9.17) is 4.74 Å². The Kier molecular flexibility index (Phi) is 5.12. The van der Waals surface area contributed by atoms with Gasteiger partial charge in [0.25, 0.3) is 17.6 Å². The Labute approximate surface area is 178 Å². The number of amides is 2. The smallest absolute Gasteiger partial charge is 0.416 e. The topological polar surface area (TPSA) is 100 Å². The second-order valence-electron chi connectivity index (χ2n) is 7.23. The number of rotatable bonds is 2. The number of Topliss-reactive ketones (excluding diaryl/α,β-unsaturated/α-hetero) is 1. The van der Waals surface area contributed by atoms with Gasteiger partial charge in [0.2, 0.25) is 0 Å². The van der Waals surface area contributed by atoms with Crippen molar-refractivity contribution in [3.8, 4) is 5.75 Å². The Morgan fingerprint density at radius 1 is 1.22 bits per heavy atom. The van der Waals surface area contributed by atoms with Crippen LogP contribution in [0.1, 0.15) is 11.3 Å². The first-order chi connectivity index (χ1) is 15.0. The molecule has 2 aliphatic heterocycles. The van der Waals surface area contributed by atoms with Crippen molar-refractivity contribution < 1.29 is 41.8 Å². The largest absolute Gasteiger partial charge is 0.489 e. The van der Waals surface area contributed by atoms with E-state index in [9.17, 15) is 37.1 Å². The minimum Gasteiger partial charge on any atom is -0.489 e. The van der Waals surface area contributed by atoms with Crippen LogP contribution in [0.15, 0.2) is 30.3 Å². The molecule has 1 aromatic heterocycles. The highest BCUT2D eigenvalue weighted by molar-refractivity contribution is 6.47. The first-order valence-electron chi connectivity index (χ1n) is 9.34. The van der Waals surface area contributed by atoms with Gasteiger partial charge in [-0.05, 0) is 31.2 Å². The summed E-state index contributed by atoms with van der Waals surface area (Å²) in [6.07, 6.45) is -6.90. The lowest BCUT2D eigenvalue weighted by molar-refractivity contribution is -0.138. The lowest BCUT2D eigenvalue weighted by Gasteiger charge is -2.34. The summed E-state index contributed by atoms with van der Waals surface area (Å²) >= 11 is 0. The van der Waals surface area contributed by atoms with E-state index in [0.717, 1.165) is 23.1 Å². The molecule has 1 aromatic carbocycles. The van der Waals surface area contributed by atoms with Crippen molar-refractivity contribution in [2.24, 2.45) is 0 Å². The first kappa shape index (κ1) is 21.7. The molecule has 0 saturated carbocycles. The van der Waals surface area contributed by atoms with Crippen molar-refractivity contribution in [2.45, 2.75) is 25.2 Å². The van der Waals surface area contributed by atoms with Crippen LogP contribution in [-0.4, -0.2) is 53.0 Å². The molecule has 2 aliphatic rings. The molecule has 3 heterocycles. The molecule has 0 unspecified atom stereocenters. The molecule has 32 heavy (non-hydrogen) atoms. The first-order valence-corrected chi connectivity index (χ1v) is 9.34. The maximum atomic E-state index is 13.5. The fourth-order valence-corrected chi connectivity index (χ4v) is 3.67. The van der Waals surface area contributed by atoms with E-state index in [1.807, 2.05) is 0 Å². The normalized spacial score (nSPS) is 20.9. The highest BCUT2D eigenvalue weighted by Crippen LogP contribution is 2.36. The number of nitrogens with zero attached hydrogens (tertiary/aromatic N) is 3. The molecule has 0 radical (unpaired) electrons. The van der Waals surface area contributed by atoms with Gasteiger partial charge in [0.05, 0.1) is 17.8 Å². The van der Waals surface area contributed by atoms with Crippen LogP contribution in [-0.2, 0) is 20.6 Å². The molecule has 4 rings (SSSR count). The van der Waals surface area contributed by atoms with Crippen LogP contribution in [0.3, 0.4) is 0 Å². The number of fused-ring (bicyclic) bond motifs is 1. The van der Waals surface area contributed by atoms with E-state index in [-0.39, 0.29) is 30.3 Å². The number of carbonyl (C=O) groups excluding carboxylic acids is 3. The van der Waals surface area contributed by atoms with Crippen LogP contribution in [0.4, 0.5) is 29.1 Å². The Bertz CT molecular complexity index is 1140. The summed E-state index contributed by atoms with van der Waals surface area (Å²) in [4.78, 5) is 43.5. The average molecular weight is 453 g/mol. The Morgan fingerprint density at radius 2 is 1.94 bits per heavy atom. The molecule has 1 saturated heterocycles. The molecule has 2 aromatic rings. The number of aromatic nitrogens is 1. The number of halogens is 4. The SMILES string of the molecule is Cc1cc(C(F)(F)F)cc(N2C(=O)C(=O)[C@@H](O)[C@H]2C(=O)N2CCOc3cc(F)ccc32)n1. The van der Waals surface area contributed by atoms with E-state index >= 15 is 0 Å². The summed E-state index contributed by atoms with van der Waals surface area (Å²) in [6.45, 7) is 1.14. The van der Waals surface area contributed by atoms with Crippen molar-refractivity contribution in [1.82, 2.24) is 4.98 Å². The Morgan fingerprint density at radius 3 is 2.62 bits per heavy atom. The standard InChI is InChI=1S/C20H15F4N3O5/c1-9-6-10(20(22,23)24)7-14(25-9)27-15(16(28)17(29)19(27)31)18(30)26-4-5-32-13-8-11(21)2-3-12(13)26/h2-3,6-8,15-16,28H,4-5H2,1H3/t15-,16-/m0/s1. The van der Waals surface area contributed by atoms with Crippen LogP contribution >= 0.6 is 0 Å². The number of alkyl halides is 3. The number of anilines is 2. The van der Waals surface area contributed by atoms with Gasteiger partial charge < -0.3 is 14.7 Å². The number of aliphatic hydroxyl groups is 1. The van der Waals surface area contributed by atoms with E-state index in [1.54, 1.807) is 0 Å². The molecular weight excluding hydrogens is 438 g/mol. The van der Waals surface area contributed by atoms with Gasteiger partial charge in [-0.15, -0.1) is 0 Å². The van der Waals surface area contributed by atoms with Crippen LogP contribution in [0.5, 0.6) is 5.75 Å². The molecule has 2 amide bonds. The third kappa shape index (κ3) is 3.55. The average Bonchev–Trinajstić information content (AvgIpc) is 2.95. The minimum atomic E-state index is -4.78. The van der Waals surface area contributed by atoms with E-state index < -0.39 is 53.1 Å². The highest BCUT2D eigenvalue weighted by Gasteiger charge is 2.53. The quantitative estimate of drug-likeness (QED) is 0.548. The summed E-state index contributed by atoms with van der Waals surface area (Å²) < 4.78 is 58.6. The van der Waals surface area contributed by atoms with Crippen LogP contribution in [0, 0.1) is 12.7 Å². The molecule has 8 nitrogen and oxygen atoms in total. The lowest BCUT2D eigenvalue weighted by Crippen LogP contribution is -2.53. The molecule has 0 aliphatic carbocycles. The zero-order valence-electron chi connectivity index (χ0n) is 16.4. The van der Waals surface area contributed by atoms with Crippen molar-refractivity contribution in [2.75, 3.05) is 23.0 Å². The third-order valence-electron chi connectivity index (χ3n) is 5.09. The Balaban J connectivity index is 1.78. The molecule has 0 bridgehead atoms. The molecule has 1 N–H and O–H groups in total. The second kappa shape index (κ2) is 7.55. The number of carbonyl (C=O) groups is 3. The third-order valence-corrected chi connectivity index (χ3v) is 5.09. The van der Waals surface area contributed by atoms with Gasteiger partial charge >= 0.3 is 6.18 Å². The lowest BCUT2D eigenvalue weighted by atomic mass is 10.1. The molecule has 168 valence electrons. The zero-order valence-corrected chi connectivity index (χ0v) is 16.4. The molecule has 0 spiro atoms. The number of aryl methyl sites for hydroxylation is 1. The van der Waals surface area contributed by atoms with E-state index in [0.29, 0.717) is 11.0 Å². The number of aliphatic hydroxyl groups excluding tert-OH is 1. The number of benzene rings is 1. The predicted octanol–water partition coefficient (Wildman–Crippen LogP) is 1.62. The van der Waals surface area contributed by atoms with Gasteiger partial charge in [-0.3, -0.25) is 19.3 Å². The van der Waals surface area contributed by atoms with Gasteiger partial charge in [-0.2, -0.15) is 13.2 Å². The van der Waals surface area contributed by atoms with Gasteiger partial charge in [-0.1, -0.05) is 0 Å². The maximum absolute atomic E-state index is 13.5. The number of pyridine rings is 1. The zero-order chi connectivity index (χ0) is 23.4. The van der Waals surface area contributed by atoms with Gasteiger partial charge in [0.15, 0.2) is 12.1 Å². The summed E-state index contributed by atoms with van der Waals surface area (Å²) in [5, 5.41) is 10.4. The minimum absolute atomic E-state index is 0.0225. The molecule has 12 heteroatoms. The van der Waals surface area contributed by atoms with E-state index in [2.05, 4.69) is 4.98 Å². The molecular formula is C20H15F4N3O5. The van der Waals surface area contributed by atoms with E-state index in [1.165, 1.54) is 13.0 Å². The number of hydrogen-bond acceptors (Lipinski definition) is 6. The summed E-state index contributed by atoms with van der Waals surface area (Å²) in [5.74, 6) is -4.88. The summed E-state index contributed by atoms with van der Waals surface area (Å²) in [5.41, 5.74) is -1.13. The van der Waals surface area contributed by atoms with Gasteiger partial charge in [0, 0.05) is 11.8 Å². The van der Waals surface area contributed by atoms with Crippen molar-refractivity contribution in [3.63, 3.8) is 0 Å². The van der Waals surface area contributed by atoms with Crippen LogP contribution < -0.4 is 14.5 Å². The fourth-order valence-electron chi connectivity index (χ4n) is 3.67. The monoisotopic (exact) mass is 453 g/mol. The Hall–Kier alpha value is -3.54. The van der Waals surface area contributed by atoms with Crippen molar-refractivity contribution in [1.29, 1.82) is 0 Å². The fraction of sp³-hybridized carbons (Fsp3) is 0.300. The van der Waals surface area contributed by atoms with Gasteiger partial charge in [-0.25, -0.2) is 9.37 Å². The van der Waals surface area contributed by atoms with Crippen molar-refractivity contribution >= 4 is 29.1 Å². The van der Waals surface area contributed by atoms with Crippen LogP contribution in [0.25, 0.3) is 0 Å². The van der Waals surface area contributed by atoms with Crippen molar-refractivity contribution in [3.05, 3.63) is 47.4 Å². The van der Waals surface area contributed by atoms with Gasteiger partial charge in [0.1, 0.15) is 24.0 Å². The maximum Gasteiger partial charge on any atom is 0.416 e. The number of ether oxygens (including phenoxy) is 1. The molecule has 1 fully saturated rings. The van der Waals surface area contributed by atoms with Crippen LogP contribution in [0.2, 0.25) is 0 Å². The highest BCUT2D eigenvalue weighted by atomic mass is 19.4. The predicted molar refractivity (Wildman–Crippen MR) is 101 cm³/mol. The number of ketones is 1. The molecule has 2 atom stereocenters. The summed E-state index contributed by atoms with van der Waals surface area (Å²) in [7, 11) is 0. The summed E-state index contributed by atoms with van der Waals surface area (Å²) in [6, 6.07) is 2.74. The number of hydrogen-bond donors (Lipinski definition) is 1. The second-order valence-corrected chi connectivity index (χ2v) is 7.23.